The lowest BCUT2D eigenvalue weighted by atomic mass is 9.99. The molecule has 7 unspecified atom stereocenters. The highest BCUT2D eigenvalue weighted by atomic mass is 16.7. The number of hydrogen-bond acceptors (Lipinski definition) is 8. The quantitative estimate of drug-likeness (QED) is 0.0261. The molecule has 0 aromatic heterocycles. The molecule has 9 heteroatoms. The third kappa shape index (κ3) is 51.4. The number of hydrogen-bond donors (Lipinski definition) is 6. The van der Waals surface area contributed by atoms with Gasteiger partial charge in [0.05, 0.1) is 25.4 Å². The molecule has 6 N–H and O–H groups in total. The van der Waals surface area contributed by atoms with Gasteiger partial charge in [0.2, 0.25) is 5.91 Å². The van der Waals surface area contributed by atoms with E-state index in [4.69, 9.17) is 9.47 Å². The highest BCUT2D eigenvalue weighted by Gasteiger charge is 2.44. The van der Waals surface area contributed by atoms with Crippen molar-refractivity contribution in [2.75, 3.05) is 13.2 Å². The Morgan fingerprint density at radius 1 is 0.422 bits per heavy atom. The van der Waals surface area contributed by atoms with Crippen LogP contribution < -0.4 is 5.32 Å². The normalized spacial score (nSPS) is 18.7. The van der Waals surface area contributed by atoms with Gasteiger partial charge in [0, 0.05) is 6.42 Å². The highest BCUT2D eigenvalue weighted by Crippen LogP contribution is 2.24. The average Bonchev–Trinajstić information content (AvgIpc) is 3.60. The molecule has 1 aliphatic rings. The van der Waals surface area contributed by atoms with Gasteiger partial charge < -0.3 is 40.3 Å². The Hall–Kier alpha value is -2.37. The van der Waals surface area contributed by atoms with Gasteiger partial charge in [0.1, 0.15) is 24.4 Å². The second-order valence-corrected chi connectivity index (χ2v) is 24.7. The molecule has 9 nitrogen and oxygen atoms in total. The average molecular weight is 1170 g/mol. The van der Waals surface area contributed by atoms with Gasteiger partial charge in [-0.05, 0) is 64.2 Å². The molecule has 484 valence electrons. The first kappa shape index (κ1) is 78.6. The van der Waals surface area contributed by atoms with E-state index < -0.39 is 49.5 Å². The molecular weight excluding hydrogens is 1030 g/mol. The van der Waals surface area contributed by atoms with Gasteiger partial charge in [-0.15, -0.1) is 0 Å². The standard InChI is InChI=1S/C74H135NO8/c1-3-5-7-9-11-13-15-17-19-21-23-25-27-29-31-32-33-34-35-36-38-39-41-43-45-47-49-51-53-55-57-59-61-63-68(77)67(66-82-74-73(81)72(80)71(79)69(65-76)83-74)75-70(78)64-62-60-58-56-54-52-50-48-46-44-42-40-37-30-28-26-24-22-20-18-16-14-12-10-8-6-4-2/h6,8,12,14,18,20,24,26,30,37,42,44,67-69,71-74,76-77,79-81H,3-5,7,9-11,13,15-17,19,21-23,25,27-29,31-36,38-41,43,45-66H2,1-2H3,(H,75,78)/b8-6-,14-12-,20-18-,26-24-,37-30-,44-42-. The summed E-state index contributed by atoms with van der Waals surface area (Å²) in [6.45, 7) is 3.76. The molecule has 0 aromatic rings. The minimum atomic E-state index is -1.56. The SMILES string of the molecule is CC/C=C\C/C=C\C/C=C\C/C=C\C/C=C\C/C=C\CCCCCCCCCCC(=O)NC(COC1OC(CO)C(O)C(O)C1O)C(O)CCCCCCCCCCCCCCCCCCCCCCCCCCCCCCCCCCC. The predicted octanol–water partition coefficient (Wildman–Crippen LogP) is 19.5. The summed E-state index contributed by atoms with van der Waals surface area (Å²) in [5, 5.41) is 55.0. The summed E-state index contributed by atoms with van der Waals surface area (Å²) in [6, 6.07) is -0.730. The monoisotopic (exact) mass is 1170 g/mol. The molecule has 1 rings (SSSR count). The number of rotatable bonds is 62. The highest BCUT2D eigenvalue weighted by molar-refractivity contribution is 5.76. The van der Waals surface area contributed by atoms with Crippen molar-refractivity contribution < 1.29 is 39.8 Å². The van der Waals surface area contributed by atoms with Crippen molar-refractivity contribution in [3.8, 4) is 0 Å². The summed E-state index contributed by atoms with van der Waals surface area (Å²) in [6.07, 6.45) is 81.1. The zero-order valence-electron chi connectivity index (χ0n) is 54.2. The Labute approximate surface area is 512 Å². The number of ether oxygens (including phenoxy) is 2. The Morgan fingerprint density at radius 3 is 1.11 bits per heavy atom. The molecule has 0 aliphatic carbocycles. The second kappa shape index (κ2) is 62.7. The van der Waals surface area contributed by atoms with E-state index in [0.29, 0.717) is 12.8 Å². The summed E-state index contributed by atoms with van der Waals surface area (Å²) in [4.78, 5) is 13.2. The van der Waals surface area contributed by atoms with E-state index in [2.05, 4.69) is 92.1 Å². The molecule has 1 saturated heterocycles. The maximum absolute atomic E-state index is 13.2. The lowest BCUT2D eigenvalue weighted by Crippen LogP contribution is -2.60. The fourth-order valence-corrected chi connectivity index (χ4v) is 11.3. The van der Waals surface area contributed by atoms with Crippen LogP contribution in [0.3, 0.4) is 0 Å². The maximum atomic E-state index is 13.2. The predicted molar refractivity (Wildman–Crippen MR) is 355 cm³/mol. The van der Waals surface area contributed by atoms with Gasteiger partial charge in [-0.1, -0.05) is 337 Å². The van der Waals surface area contributed by atoms with Crippen LogP contribution in [-0.4, -0.2) is 87.5 Å². The molecule has 0 radical (unpaired) electrons. The third-order valence-electron chi connectivity index (χ3n) is 16.8. The molecule has 0 aromatic carbocycles. The Morgan fingerprint density at radius 2 is 0.747 bits per heavy atom. The van der Waals surface area contributed by atoms with Crippen LogP contribution in [0.2, 0.25) is 0 Å². The van der Waals surface area contributed by atoms with Gasteiger partial charge in [0.15, 0.2) is 6.29 Å². The number of aliphatic hydroxyl groups is 5. The van der Waals surface area contributed by atoms with Crippen molar-refractivity contribution in [3.63, 3.8) is 0 Å². The van der Waals surface area contributed by atoms with Crippen molar-refractivity contribution >= 4 is 5.91 Å². The van der Waals surface area contributed by atoms with Gasteiger partial charge >= 0.3 is 0 Å². The largest absolute Gasteiger partial charge is 0.394 e. The van der Waals surface area contributed by atoms with Crippen LogP contribution in [0.1, 0.15) is 335 Å². The fourth-order valence-electron chi connectivity index (χ4n) is 11.3. The van der Waals surface area contributed by atoms with Gasteiger partial charge in [-0.3, -0.25) is 4.79 Å². The van der Waals surface area contributed by atoms with Crippen LogP contribution in [0.25, 0.3) is 0 Å². The van der Waals surface area contributed by atoms with Crippen molar-refractivity contribution in [3.05, 3.63) is 72.9 Å². The molecule has 0 spiro atoms. The van der Waals surface area contributed by atoms with Crippen molar-refractivity contribution in [2.24, 2.45) is 0 Å². The minimum absolute atomic E-state index is 0.144. The molecule has 7 atom stereocenters. The number of nitrogens with one attached hydrogen (secondary N) is 1. The lowest BCUT2D eigenvalue weighted by molar-refractivity contribution is -0.302. The Bertz CT molecular complexity index is 1540. The number of unbranched alkanes of at least 4 members (excludes halogenated alkanes) is 40. The molecule has 0 saturated carbocycles. The molecule has 1 aliphatic heterocycles. The van der Waals surface area contributed by atoms with Gasteiger partial charge in [-0.2, -0.15) is 0 Å². The minimum Gasteiger partial charge on any atom is -0.394 e. The number of carbonyl (C=O) groups excluding carboxylic acids is 1. The van der Waals surface area contributed by atoms with Crippen LogP contribution in [0.15, 0.2) is 72.9 Å². The molecule has 83 heavy (non-hydrogen) atoms. The van der Waals surface area contributed by atoms with E-state index in [1.54, 1.807) is 0 Å². The van der Waals surface area contributed by atoms with E-state index in [9.17, 15) is 30.3 Å². The number of amides is 1. The topological polar surface area (TPSA) is 149 Å². The van der Waals surface area contributed by atoms with Crippen LogP contribution in [0.5, 0.6) is 0 Å². The Balaban J connectivity index is 2.12. The summed E-state index contributed by atoms with van der Waals surface area (Å²) < 4.78 is 11.4. The van der Waals surface area contributed by atoms with E-state index in [1.165, 1.54) is 218 Å². The molecular formula is C74H135NO8. The zero-order chi connectivity index (χ0) is 60.0. The van der Waals surface area contributed by atoms with E-state index in [1.807, 2.05) is 0 Å². The van der Waals surface area contributed by atoms with E-state index in [-0.39, 0.29) is 12.5 Å². The van der Waals surface area contributed by atoms with Crippen LogP contribution >= 0.6 is 0 Å². The molecule has 1 heterocycles. The van der Waals surface area contributed by atoms with Crippen LogP contribution in [-0.2, 0) is 14.3 Å². The molecule has 1 amide bonds. The second-order valence-electron chi connectivity index (χ2n) is 24.7. The Kier molecular flexibility index (Phi) is 59.4. The molecule has 0 bridgehead atoms. The van der Waals surface area contributed by atoms with Crippen LogP contribution in [0, 0.1) is 0 Å². The first-order valence-electron chi connectivity index (χ1n) is 35.6. The van der Waals surface area contributed by atoms with E-state index in [0.717, 1.165) is 89.9 Å². The van der Waals surface area contributed by atoms with Crippen molar-refractivity contribution in [2.45, 2.75) is 378 Å². The van der Waals surface area contributed by atoms with Gasteiger partial charge in [-0.25, -0.2) is 0 Å². The number of aliphatic hydroxyl groups excluding tert-OH is 5. The third-order valence-corrected chi connectivity index (χ3v) is 16.8. The van der Waals surface area contributed by atoms with Crippen molar-refractivity contribution in [1.82, 2.24) is 5.32 Å². The summed E-state index contributed by atoms with van der Waals surface area (Å²) in [7, 11) is 0. The first-order valence-corrected chi connectivity index (χ1v) is 35.6. The lowest BCUT2D eigenvalue weighted by Gasteiger charge is -2.40. The summed E-state index contributed by atoms with van der Waals surface area (Å²) in [5.74, 6) is -0.151. The van der Waals surface area contributed by atoms with Crippen LogP contribution in [0.4, 0.5) is 0 Å². The first-order chi connectivity index (χ1) is 40.8. The van der Waals surface area contributed by atoms with Gasteiger partial charge in [0.25, 0.3) is 0 Å². The summed E-state index contributed by atoms with van der Waals surface area (Å²) in [5.41, 5.74) is 0. The zero-order valence-corrected chi connectivity index (χ0v) is 54.2. The van der Waals surface area contributed by atoms with Crippen molar-refractivity contribution in [1.29, 1.82) is 0 Å². The fraction of sp³-hybridized carbons (Fsp3) is 0.824. The summed E-state index contributed by atoms with van der Waals surface area (Å²) >= 11 is 0. The number of carbonyl (C=O) groups is 1. The number of allylic oxidation sites excluding steroid dienone is 12. The van der Waals surface area contributed by atoms with E-state index >= 15 is 0 Å². The smallest absolute Gasteiger partial charge is 0.220 e. The molecule has 1 fully saturated rings. The maximum Gasteiger partial charge on any atom is 0.220 e.